The first kappa shape index (κ1) is 20.3. The second-order valence-corrected chi connectivity index (χ2v) is 8.37. The number of phenols is 1. The molecule has 1 saturated carbocycles. The van der Waals surface area contributed by atoms with E-state index in [0.717, 1.165) is 19.3 Å². The molecule has 160 valence electrons. The highest BCUT2D eigenvalue weighted by molar-refractivity contribution is 6.10. The van der Waals surface area contributed by atoms with Crippen LogP contribution in [0.25, 0.3) is 0 Å². The van der Waals surface area contributed by atoms with Crippen molar-refractivity contribution in [3.05, 3.63) is 29.8 Å². The summed E-state index contributed by atoms with van der Waals surface area (Å²) in [5.41, 5.74) is -1.87. The molecule has 2 heterocycles. The van der Waals surface area contributed by atoms with E-state index in [1.54, 1.807) is 18.2 Å². The summed E-state index contributed by atoms with van der Waals surface area (Å²) in [5.74, 6) is -6.62. The molecule has 3 fully saturated rings. The maximum absolute atomic E-state index is 13.4. The quantitative estimate of drug-likeness (QED) is 0.525. The molecule has 1 aromatic carbocycles. The summed E-state index contributed by atoms with van der Waals surface area (Å²) < 4.78 is 0. The molecule has 0 radical (unpaired) electrons. The number of nitrogens with zero attached hydrogens (tertiary/aromatic N) is 1. The number of carbonyl (C=O) groups is 4. The zero-order valence-corrected chi connectivity index (χ0v) is 16.3. The summed E-state index contributed by atoms with van der Waals surface area (Å²) >= 11 is 0. The van der Waals surface area contributed by atoms with Gasteiger partial charge >= 0.3 is 11.9 Å². The average Bonchev–Trinajstić information content (AvgIpc) is 3.17. The SMILES string of the molecule is O=C(O)CC1(C(=O)O)NC(c2ccccc2O)C2C(=O)N(C3CCCCC3)C(=O)C21. The zero-order chi connectivity index (χ0) is 21.6. The first-order valence-corrected chi connectivity index (χ1v) is 10.2. The molecule has 0 bridgehead atoms. The average molecular weight is 416 g/mol. The van der Waals surface area contributed by atoms with Gasteiger partial charge in [-0.2, -0.15) is 0 Å². The Bertz CT molecular complexity index is 910. The van der Waals surface area contributed by atoms with Gasteiger partial charge in [0.15, 0.2) is 0 Å². The number of hydrogen-bond donors (Lipinski definition) is 4. The van der Waals surface area contributed by atoms with Gasteiger partial charge < -0.3 is 15.3 Å². The molecule has 30 heavy (non-hydrogen) atoms. The van der Waals surface area contributed by atoms with E-state index >= 15 is 0 Å². The monoisotopic (exact) mass is 416 g/mol. The van der Waals surface area contributed by atoms with Crippen molar-refractivity contribution < 1.29 is 34.5 Å². The third-order valence-electron chi connectivity index (χ3n) is 6.71. The molecule has 0 spiro atoms. The normalized spacial score (nSPS) is 31.7. The number of aromatic hydroxyl groups is 1. The van der Waals surface area contributed by atoms with Crippen LogP contribution in [-0.4, -0.2) is 55.6 Å². The lowest BCUT2D eigenvalue weighted by molar-refractivity contribution is -0.156. The highest BCUT2D eigenvalue weighted by Gasteiger charge is 2.69. The third kappa shape index (κ3) is 2.96. The number of nitrogens with one attached hydrogen (secondary N) is 1. The topological polar surface area (TPSA) is 144 Å². The second-order valence-electron chi connectivity index (χ2n) is 8.37. The van der Waals surface area contributed by atoms with Crippen LogP contribution < -0.4 is 5.32 Å². The number of likely N-dealkylation sites (tertiary alicyclic amines) is 1. The molecule has 4 N–H and O–H groups in total. The van der Waals surface area contributed by atoms with Crippen molar-refractivity contribution in [3.8, 4) is 5.75 Å². The molecule has 2 saturated heterocycles. The third-order valence-corrected chi connectivity index (χ3v) is 6.71. The van der Waals surface area contributed by atoms with Crippen molar-refractivity contribution in [2.24, 2.45) is 11.8 Å². The Morgan fingerprint density at radius 3 is 2.33 bits per heavy atom. The first-order valence-electron chi connectivity index (χ1n) is 10.2. The molecule has 1 aliphatic carbocycles. The van der Waals surface area contributed by atoms with Crippen LogP contribution in [0.1, 0.15) is 50.1 Å². The predicted octanol–water partition coefficient (Wildman–Crippen LogP) is 1.27. The van der Waals surface area contributed by atoms with Gasteiger partial charge in [0.05, 0.1) is 18.3 Å². The number of rotatable bonds is 5. The van der Waals surface area contributed by atoms with Crippen LogP contribution >= 0.6 is 0 Å². The number of fused-ring (bicyclic) bond motifs is 1. The molecule has 2 amide bonds. The van der Waals surface area contributed by atoms with E-state index in [1.165, 1.54) is 11.0 Å². The Balaban J connectivity index is 1.83. The molecular weight excluding hydrogens is 392 g/mol. The first-order chi connectivity index (χ1) is 14.3. The molecule has 9 nitrogen and oxygen atoms in total. The number of carboxylic acid groups (broad SMARTS) is 2. The largest absolute Gasteiger partial charge is 0.508 e. The van der Waals surface area contributed by atoms with Gasteiger partial charge in [0.25, 0.3) is 0 Å². The zero-order valence-electron chi connectivity index (χ0n) is 16.3. The minimum atomic E-state index is -2.14. The van der Waals surface area contributed by atoms with Gasteiger partial charge in [0, 0.05) is 17.6 Å². The lowest BCUT2D eigenvalue weighted by Crippen LogP contribution is -2.57. The summed E-state index contributed by atoms with van der Waals surface area (Å²) in [5, 5.41) is 32.6. The van der Waals surface area contributed by atoms with Crippen LogP contribution in [-0.2, 0) is 19.2 Å². The Morgan fingerprint density at radius 1 is 1.07 bits per heavy atom. The fraction of sp³-hybridized carbons (Fsp3) is 0.524. The lowest BCUT2D eigenvalue weighted by atomic mass is 9.77. The van der Waals surface area contributed by atoms with Crippen molar-refractivity contribution >= 4 is 23.8 Å². The van der Waals surface area contributed by atoms with Crippen LogP contribution in [0, 0.1) is 11.8 Å². The number of para-hydroxylation sites is 1. The number of hydrogen-bond acceptors (Lipinski definition) is 6. The number of amides is 2. The smallest absolute Gasteiger partial charge is 0.325 e. The Hall–Kier alpha value is -2.94. The fourth-order valence-corrected chi connectivity index (χ4v) is 5.42. The molecule has 2 aliphatic heterocycles. The Kier molecular flexibility index (Phi) is 5.01. The van der Waals surface area contributed by atoms with E-state index in [1.807, 2.05) is 0 Å². The number of imide groups is 1. The lowest BCUT2D eigenvalue weighted by Gasteiger charge is -2.34. The van der Waals surface area contributed by atoms with Gasteiger partial charge in [-0.05, 0) is 18.9 Å². The van der Waals surface area contributed by atoms with E-state index in [-0.39, 0.29) is 17.4 Å². The van der Waals surface area contributed by atoms with Gasteiger partial charge in [-0.15, -0.1) is 0 Å². The summed E-state index contributed by atoms with van der Waals surface area (Å²) in [6.07, 6.45) is 3.22. The summed E-state index contributed by atoms with van der Waals surface area (Å²) in [7, 11) is 0. The minimum Gasteiger partial charge on any atom is -0.508 e. The van der Waals surface area contributed by atoms with Gasteiger partial charge in [0.2, 0.25) is 11.8 Å². The van der Waals surface area contributed by atoms with Gasteiger partial charge in [0.1, 0.15) is 11.3 Å². The van der Waals surface area contributed by atoms with E-state index in [9.17, 15) is 34.5 Å². The molecule has 3 aliphatic rings. The standard InChI is InChI=1S/C21H24N2O7/c24-13-9-5-4-8-12(13)17-15-16(21(22-17,20(29)30)10-14(25)26)19(28)23(18(15)27)11-6-2-1-3-7-11/h4-5,8-9,11,15-17,22,24H,1-3,6-7,10H2,(H,25,26)(H,29,30). The van der Waals surface area contributed by atoms with Crippen LogP contribution in [0.15, 0.2) is 24.3 Å². The molecule has 1 aromatic rings. The Morgan fingerprint density at radius 2 is 1.73 bits per heavy atom. The number of aliphatic carboxylic acids is 2. The summed E-state index contributed by atoms with van der Waals surface area (Å²) in [4.78, 5) is 51.9. The van der Waals surface area contributed by atoms with Crippen LogP contribution in [0.2, 0.25) is 0 Å². The predicted molar refractivity (Wildman–Crippen MR) is 102 cm³/mol. The molecular formula is C21H24N2O7. The van der Waals surface area contributed by atoms with Crippen molar-refractivity contribution in [2.75, 3.05) is 0 Å². The summed E-state index contributed by atoms with van der Waals surface area (Å²) in [6.45, 7) is 0. The van der Waals surface area contributed by atoms with Crippen molar-refractivity contribution in [1.29, 1.82) is 0 Å². The number of carbonyl (C=O) groups excluding carboxylic acids is 2. The van der Waals surface area contributed by atoms with Crippen molar-refractivity contribution in [2.45, 2.75) is 56.1 Å². The highest BCUT2D eigenvalue weighted by Crippen LogP contribution is 2.52. The van der Waals surface area contributed by atoms with Gasteiger partial charge in [-0.1, -0.05) is 37.5 Å². The van der Waals surface area contributed by atoms with Gasteiger partial charge in [-0.3, -0.25) is 29.4 Å². The van der Waals surface area contributed by atoms with Crippen molar-refractivity contribution in [3.63, 3.8) is 0 Å². The second kappa shape index (κ2) is 7.39. The summed E-state index contributed by atoms with van der Waals surface area (Å²) in [6, 6.07) is 4.88. The molecule has 4 unspecified atom stereocenters. The maximum atomic E-state index is 13.4. The molecule has 4 atom stereocenters. The number of benzene rings is 1. The van der Waals surface area contributed by atoms with E-state index in [0.29, 0.717) is 12.8 Å². The maximum Gasteiger partial charge on any atom is 0.325 e. The van der Waals surface area contributed by atoms with E-state index in [2.05, 4.69) is 5.32 Å². The van der Waals surface area contributed by atoms with Crippen molar-refractivity contribution in [1.82, 2.24) is 10.2 Å². The highest BCUT2D eigenvalue weighted by atomic mass is 16.4. The Labute approximate surface area is 172 Å². The van der Waals surface area contributed by atoms with E-state index < -0.39 is 53.6 Å². The fourth-order valence-electron chi connectivity index (χ4n) is 5.42. The van der Waals surface area contributed by atoms with Crippen LogP contribution in [0.3, 0.4) is 0 Å². The van der Waals surface area contributed by atoms with Gasteiger partial charge in [-0.25, -0.2) is 0 Å². The molecule has 4 rings (SSSR count). The van der Waals surface area contributed by atoms with Crippen LogP contribution in [0.4, 0.5) is 0 Å². The number of phenolic OH excluding ortho intramolecular Hbond substituents is 1. The minimum absolute atomic E-state index is 0.151. The van der Waals surface area contributed by atoms with Crippen LogP contribution in [0.5, 0.6) is 5.75 Å². The molecule has 0 aromatic heterocycles. The molecule has 9 heteroatoms. The van der Waals surface area contributed by atoms with E-state index in [4.69, 9.17) is 0 Å². The number of carboxylic acids is 2.